The molecule has 0 saturated carbocycles. The average Bonchev–Trinajstić information content (AvgIpc) is 2.68. The number of hydrogen-bond donors (Lipinski definition) is 2. The maximum atomic E-state index is 9.89. The van der Waals surface area contributed by atoms with E-state index < -0.39 is 0 Å². The van der Waals surface area contributed by atoms with Crippen LogP contribution in [0.2, 0.25) is 5.02 Å². The highest BCUT2D eigenvalue weighted by molar-refractivity contribution is 6.31. The Morgan fingerprint density at radius 2 is 2.20 bits per heavy atom. The fourth-order valence-electron chi connectivity index (χ4n) is 2.30. The van der Waals surface area contributed by atoms with Gasteiger partial charge in [0.05, 0.1) is 0 Å². The third-order valence-corrected chi connectivity index (χ3v) is 3.45. The smallest absolute Gasteiger partial charge is 0.121 e. The van der Waals surface area contributed by atoms with Gasteiger partial charge in [0.25, 0.3) is 0 Å². The number of phenolic OH excluding ortho intramolecular Hbond substituents is 1. The van der Waals surface area contributed by atoms with Crippen LogP contribution in [0.15, 0.2) is 6.07 Å². The van der Waals surface area contributed by atoms with Gasteiger partial charge >= 0.3 is 0 Å². The Morgan fingerprint density at radius 1 is 1.47 bits per heavy atom. The van der Waals surface area contributed by atoms with Crippen LogP contribution in [0.4, 0.5) is 0 Å². The van der Waals surface area contributed by atoms with E-state index in [1.54, 1.807) is 0 Å². The van der Waals surface area contributed by atoms with E-state index in [4.69, 9.17) is 11.6 Å². The van der Waals surface area contributed by atoms with Crippen molar-refractivity contribution in [2.75, 3.05) is 6.54 Å². The second-order valence-electron chi connectivity index (χ2n) is 4.21. The summed E-state index contributed by atoms with van der Waals surface area (Å²) in [4.78, 5) is 0. The van der Waals surface area contributed by atoms with Gasteiger partial charge in [-0.3, -0.25) is 0 Å². The first-order valence-electron chi connectivity index (χ1n) is 5.33. The first-order chi connectivity index (χ1) is 7.11. The number of phenols is 1. The predicted molar refractivity (Wildman–Crippen MR) is 62.6 cm³/mol. The van der Waals surface area contributed by atoms with Crippen molar-refractivity contribution >= 4 is 11.6 Å². The number of rotatable bonds is 1. The fraction of sp³-hybridized carbons (Fsp3) is 0.500. The number of aromatic hydroxyl groups is 1. The molecule has 3 heteroatoms. The molecule has 1 saturated heterocycles. The first-order valence-corrected chi connectivity index (χ1v) is 5.71. The number of aryl methyl sites for hydroxylation is 1. The van der Waals surface area contributed by atoms with E-state index in [0.717, 1.165) is 34.7 Å². The number of hydrogen-bond acceptors (Lipinski definition) is 2. The highest BCUT2D eigenvalue weighted by atomic mass is 35.5. The third-order valence-electron chi connectivity index (χ3n) is 3.14. The standard InChI is InChI=1S/C12H16ClNO/c1-7-6-9(13)11(8(2)12(7)15)10-4-3-5-14-10/h6,10,14-15H,3-5H2,1-2H3. The molecule has 0 aromatic heterocycles. The molecule has 0 spiro atoms. The van der Waals surface area contributed by atoms with E-state index in [1.807, 2.05) is 19.9 Å². The second-order valence-corrected chi connectivity index (χ2v) is 4.62. The quantitative estimate of drug-likeness (QED) is 0.770. The summed E-state index contributed by atoms with van der Waals surface area (Å²) < 4.78 is 0. The maximum absolute atomic E-state index is 9.89. The lowest BCUT2D eigenvalue weighted by Crippen LogP contribution is -2.14. The molecule has 1 heterocycles. The van der Waals surface area contributed by atoms with Crippen molar-refractivity contribution in [2.45, 2.75) is 32.7 Å². The van der Waals surface area contributed by atoms with Gasteiger partial charge in [-0.15, -0.1) is 0 Å². The molecule has 1 aromatic carbocycles. The molecular formula is C12H16ClNO. The van der Waals surface area contributed by atoms with Crippen LogP contribution in [0, 0.1) is 13.8 Å². The average molecular weight is 226 g/mol. The van der Waals surface area contributed by atoms with E-state index in [1.165, 1.54) is 6.42 Å². The van der Waals surface area contributed by atoms with Crippen molar-refractivity contribution in [1.82, 2.24) is 5.32 Å². The lowest BCUT2D eigenvalue weighted by Gasteiger charge is -2.18. The van der Waals surface area contributed by atoms with Crippen LogP contribution < -0.4 is 5.32 Å². The monoisotopic (exact) mass is 225 g/mol. The number of nitrogens with one attached hydrogen (secondary N) is 1. The summed E-state index contributed by atoms with van der Waals surface area (Å²) in [6.45, 7) is 4.85. The van der Waals surface area contributed by atoms with Crippen molar-refractivity contribution in [3.05, 3.63) is 27.8 Å². The molecular weight excluding hydrogens is 210 g/mol. The summed E-state index contributed by atoms with van der Waals surface area (Å²) in [6.07, 6.45) is 2.28. The molecule has 1 atom stereocenters. The number of halogens is 1. The van der Waals surface area contributed by atoms with Gasteiger partial charge in [-0.05, 0) is 56.0 Å². The molecule has 1 aliphatic rings. The van der Waals surface area contributed by atoms with Crippen molar-refractivity contribution in [2.24, 2.45) is 0 Å². The van der Waals surface area contributed by atoms with Crippen LogP contribution in [-0.2, 0) is 0 Å². The third kappa shape index (κ3) is 1.84. The normalized spacial score (nSPS) is 20.9. The minimum Gasteiger partial charge on any atom is -0.507 e. The largest absolute Gasteiger partial charge is 0.507 e. The van der Waals surface area contributed by atoms with Gasteiger partial charge in [-0.1, -0.05) is 11.6 Å². The number of benzene rings is 1. The summed E-state index contributed by atoms with van der Waals surface area (Å²) in [5.41, 5.74) is 2.83. The van der Waals surface area contributed by atoms with Crippen molar-refractivity contribution in [1.29, 1.82) is 0 Å². The highest BCUT2D eigenvalue weighted by Crippen LogP contribution is 2.37. The molecule has 0 amide bonds. The van der Waals surface area contributed by atoms with Gasteiger partial charge in [0, 0.05) is 11.1 Å². The zero-order chi connectivity index (χ0) is 11.0. The molecule has 0 aliphatic carbocycles. The van der Waals surface area contributed by atoms with Gasteiger partial charge in [0.1, 0.15) is 5.75 Å². The Labute approximate surface area is 95.3 Å². The molecule has 0 radical (unpaired) electrons. The second kappa shape index (κ2) is 4.03. The van der Waals surface area contributed by atoms with Crippen LogP contribution in [0.25, 0.3) is 0 Å². The first kappa shape index (κ1) is 10.8. The van der Waals surface area contributed by atoms with Gasteiger partial charge < -0.3 is 10.4 Å². The van der Waals surface area contributed by atoms with Crippen LogP contribution in [0.3, 0.4) is 0 Å². The Morgan fingerprint density at radius 3 is 2.80 bits per heavy atom. The van der Waals surface area contributed by atoms with Gasteiger partial charge in [-0.25, -0.2) is 0 Å². The molecule has 2 nitrogen and oxygen atoms in total. The topological polar surface area (TPSA) is 32.3 Å². The zero-order valence-electron chi connectivity index (χ0n) is 9.10. The Hall–Kier alpha value is -0.730. The van der Waals surface area contributed by atoms with E-state index in [0.29, 0.717) is 11.8 Å². The summed E-state index contributed by atoms with van der Waals surface area (Å²) in [6, 6.07) is 2.16. The lowest BCUT2D eigenvalue weighted by molar-refractivity contribution is 0.464. The zero-order valence-corrected chi connectivity index (χ0v) is 9.86. The predicted octanol–water partition coefficient (Wildman–Crippen LogP) is 3.09. The molecule has 2 N–H and O–H groups in total. The van der Waals surface area contributed by atoms with E-state index in [-0.39, 0.29) is 0 Å². The van der Waals surface area contributed by atoms with Crippen molar-refractivity contribution < 1.29 is 5.11 Å². The molecule has 1 unspecified atom stereocenters. The Kier molecular flexibility index (Phi) is 2.89. The molecule has 15 heavy (non-hydrogen) atoms. The Bertz CT molecular complexity index is 384. The summed E-state index contributed by atoms with van der Waals surface area (Å²) >= 11 is 6.24. The fourth-order valence-corrected chi connectivity index (χ4v) is 2.73. The van der Waals surface area contributed by atoms with Crippen molar-refractivity contribution in [3.63, 3.8) is 0 Å². The molecule has 2 rings (SSSR count). The van der Waals surface area contributed by atoms with Gasteiger partial charge in [0.15, 0.2) is 0 Å². The minimum absolute atomic E-state index is 0.309. The van der Waals surface area contributed by atoms with Crippen LogP contribution in [0.5, 0.6) is 5.75 Å². The Balaban J connectivity index is 2.50. The maximum Gasteiger partial charge on any atom is 0.121 e. The highest BCUT2D eigenvalue weighted by Gasteiger charge is 2.22. The summed E-state index contributed by atoms with van der Waals surface area (Å²) in [5, 5.41) is 14.1. The summed E-state index contributed by atoms with van der Waals surface area (Å²) in [7, 11) is 0. The SMILES string of the molecule is Cc1cc(Cl)c(C2CCCN2)c(C)c1O. The molecule has 0 bridgehead atoms. The van der Waals surface area contributed by atoms with E-state index in [2.05, 4.69) is 5.32 Å². The van der Waals surface area contributed by atoms with Gasteiger partial charge in [-0.2, -0.15) is 0 Å². The summed E-state index contributed by atoms with van der Waals surface area (Å²) in [5.74, 6) is 0.378. The van der Waals surface area contributed by atoms with Crippen LogP contribution >= 0.6 is 11.6 Å². The lowest BCUT2D eigenvalue weighted by atomic mass is 9.97. The van der Waals surface area contributed by atoms with Gasteiger partial charge in [0.2, 0.25) is 0 Å². The van der Waals surface area contributed by atoms with Crippen LogP contribution in [0.1, 0.15) is 35.6 Å². The van der Waals surface area contributed by atoms with Crippen molar-refractivity contribution in [3.8, 4) is 5.75 Å². The van der Waals surface area contributed by atoms with Crippen LogP contribution in [-0.4, -0.2) is 11.7 Å². The van der Waals surface area contributed by atoms with E-state index >= 15 is 0 Å². The molecule has 82 valence electrons. The molecule has 1 fully saturated rings. The molecule has 1 aromatic rings. The van der Waals surface area contributed by atoms with E-state index in [9.17, 15) is 5.11 Å². The molecule has 1 aliphatic heterocycles. The minimum atomic E-state index is 0.309.